The van der Waals surface area contributed by atoms with Crippen molar-refractivity contribution in [2.24, 2.45) is 0 Å². The largest absolute Gasteiger partial charge is 0.465 e. The number of hydrogen-bond donors (Lipinski definition) is 0. The number of methoxy groups -OCH3 is 1. The Morgan fingerprint density at radius 3 is 1.97 bits per heavy atom. The van der Waals surface area contributed by atoms with E-state index in [0.29, 0.717) is 22.2 Å². The molecule has 0 N–H and O–H groups in total. The van der Waals surface area contributed by atoms with Gasteiger partial charge in [-0.25, -0.2) is 4.79 Å². The van der Waals surface area contributed by atoms with Crippen LogP contribution in [0.5, 0.6) is 0 Å². The first-order valence-electron chi connectivity index (χ1n) is 10.5. The van der Waals surface area contributed by atoms with E-state index in [4.69, 9.17) is 4.74 Å². The molecule has 0 spiro atoms. The lowest BCUT2D eigenvalue weighted by molar-refractivity contribution is 0.0604. The van der Waals surface area contributed by atoms with Crippen molar-refractivity contribution in [3.05, 3.63) is 60.3 Å². The van der Waals surface area contributed by atoms with Crippen molar-refractivity contribution in [2.75, 3.05) is 7.11 Å². The fraction of sp³-hybridized carbons (Fsp3) is 0.400. The molecular formula is C25H33NO2Si. The van der Waals surface area contributed by atoms with Crippen molar-refractivity contribution in [3.63, 3.8) is 0 Å². The smallest absolute Gasteiger partial charge is 0.339 e. The molecule has 0 aliphatic carbocycles. The summed E-state index contributed by atoms with van der Waals surface area (Å²) in [7, 11) is -0.455. The monoisotopic (exact) mass is 407 g/mol. The van der Waals surface area contributed by atoms with E-state index in [-0.39, 0.29) is 5.97 Å². The fourth-order valence-corrected chi connectivity index (χ4v) is 12.2. The molecule has 0 saturated heterocycles. The molecule has 0 saturated carbocycles. The summed E-state index contributed by atoms with van der Waals surface area (Å²) in [5.74, 6) is -0.280. The highest BCUT2D eigenvalue weighted by Crippen LogP contribution is 2.45. The van der Waals surface area contributed by atoms with E-state index in [2.05, 4.69) is 70.2 Å². The van der Waals surface area contributed by atoms with Crippen LogP contribution in [-0.2, 0) is 4.74 Å². The number of carbonyl (C=O) groups is 1. The summed E-state index contributed by atoms with van der Waals surface area (Å²) < 4.78 is 7.75. The molecule has 0 aliphatic heterocycles. The lowest BCUT2D eigenvalue weighted by Crippen LogP contribution is -2.51. The molecule has 2 aromatic carbocycles. The molecule has 0 amide bonds. The molecule has 154 valence electrons. The van der Waals surface area contributed by atoms with Crippen molar-refractivity contribution in [1.82, 2.24) is 4.23 Å². The van der Waals surface area contributed by atoms with Crippen LogP contribution in [0, 0.1) is 0 Å². The highest BCUT2D eigenvalue weighted by Gasteiger charge is 2.45. The van der Waals surface area contributed by atoms with Crippen LogP contribution in [0.1, 0.15) is 51.9 Å². The molecule has 3 nitrogen and oxygen atoms in total. The molecule has 0 unspecified atom stereocenters. The first kappa shape index (κ1) is 21.4. The minimum absolute atomic E-state index is 0.280. The summed E-state index contributed by atoms with van der Waals surface area (Å²) in [4.78, 5) is 12.9. The Kier molecular flexibility index (Phi) is 6.04. The quantitative estimate of drug-likeness (QED) is 0.322. The van der Waals surface area contributed by atoms with Crippen LogP contribution in [0.4, 0.5) is 0 Å². The van der Waals surface area contributed by atoms with Gasteiger partial charge in [0.1, 0.15) is 0 Å². The van der Waals surface area contributed by atoms with Crippen LogP contribution in [0.3, 0.4) is 0 Å². The molecule has 0 atom stereocenters. The Hall–Kier alpha value is -2.33. The average Bonchev–Trinajstić information content (AvgIpc) is 3.11. The third kappa shape index (κ3) is 3.33. The summed E-state index contributed by atoms with van der Waals surface area (Å²) in [6.07, 6.45) is 2.22. The Bertz CT molecular complexity index is 981. The summed E-state index contributed by atoms with van der Waals surface area (Å²) in [5, 5.41) is 0.983. The maximum atomic E-state index is 12.9. The van der Waals surface area contributed by atoms with Gasteiger partial charge < -0.3 is 8.97 Å². The van der Waals surface area contributed by atoms with Crippen LogP contribution in [0.2, 0.25) is 16.6 Å². The van der Waals surface area contributed by atoms with E-state index in [9.17, 15) is 4.79 Å². The van der Waals surface area contributed by atoms with Crippen molar-refractivity contribution in [3.8, 4) is 11.1 Å². The minimum Gasteiger partial charge on any atom is -0.465 e. The van der Waals surface area contributed by atoms with Crippen molar-refractivity contribution in [1.29, 1.82) is 0 Å². The zero-order valence-corrected chi connectivity index (χ0v) is 19.7. The number of fused-ring (bicyclic) bond motifs is 1. The summed E-state index contributed by atoms with van der Waals surface area (Å²) in [5.41, 5.74) is 5.49. The minimum atomic E-state index is -1.92. The number of hydrogen-bond acceptors (Lipinski definition) is 2. The molecule has 0 bridgehead atoms. The van der Waals surface area contributed by atoms with Gasteiger partial charge in [-0.2, -0.15) is 0 Å². The van der Waals surface area contributed by atoms with Gasteiger partial charge in [0.05, 0.1) is 12.7 Å². The second kappa shape index (κ2) is 8.19. The third-order valence-electron chi connectivity index (χ3n) is 6.54. The third-order valence-corrected chi connectivity index (χ3v) is 13.3. The van der Waals surface area contributed by atoms with Gasteiger partial charge in [0.2, 0.25) is 0 Å². The summed E-state index contributed by atoms with van der Waals surface area (Å²) in [6, 6.07) is 16.5. The van der Waals surface area contributed by atoms with Gasteiger partial charge in [0.25, 0.3) is 0 Å². The SMILES string of the molecule is COC(=O)c1c(-c2ccccc2)ccc2c1ccn2[Si](C(C)C)(C(C)C)C(C)C. The average molecular weight is 408 g/mol. The molecular weight excluding hydrogens is 374 g/mol. The molecule has 3 rings (SSSR count). The topological polar surface area (TPSA) is 31.2 Å². The molecule has 1 heterocycles. The lowest BCUT2D eigenvalue weighted by Gasteiger charge is -2.44. The molecule has 29 heavy (non-hydrogen) atoms. The normalized spacial score (nSPS) is 12.3. The number of carbonyl (C=O) groups excluding carboxylic acids is 1. The van der Waals surface area contributed by atoms with E-state index in [1.54, 1.807) is 0 Å². The summed E-state index contributed by atoms with van der Waals surface area (Å²) in [6.45, 7) is 14.2. The van der Waals surface area contributed by atoms with Gasteiger partial charge in [-0.05, 0) is 46.1 Å². The van der Waals surface area contributed by atoms with E-state index < -0.39 is 8.24 Å². The molecule has 3 aromatic rings. The number of ether oxygens (including phenoxy) is 1. The van der Waals surface area contributed by atoms with Crippen LogP contribution >= 0.6 is 0 Å². The second-order valence-electron chi connectivity index (χ2n) is 8.82. The fourth-order valence-electron chi connectivity index (χ4n) is 5.57. The molecule has 0 radical (unpaired) electrons. The number of aromatic nitrogens is 1. The van der Waals surface area contributed by atoms with E-state index >= 15 is 0 Å². The number of esters is 1. The lowest BCUT2D eigenvalue weighted by atomic mass is 9.97. The van der Waals surface area contributed by atoms with Crippen LogP contribution in [0.25, 0.3) is 22.0 Å². The van der Waals surface area contributed by atoms with Gasteiger partial charge in [0, 0.05) is 10.9 Å². The Labute approximate surface area is 175 Å². The maximum absolute atomic E-state index is 12.9. The van der Waals surface area contributed by atoms with Crippen LogP contribution in [-0.4, -0.2) is 25.5 Å². The van der Waals surface area contributed by atoms with Gasteiger partial charge >= 0.3 is 5.97 Å². The predicted octanol–water partition coefficient (Wildman–Crippen LogP) is 7.12. The Morgan fingerprint density at radius 1 is 0.862 bits per heavy atom. The second-order valence-corrected chi connectivity index (χ2v) is 14.5. The number of rotatable bonds is 6. The Balaban J connectivity index is 2.37. The zero-order valence-electron chi connectivity index (χ0n) is 18.7. The highest BCUT2D eigenvalue weighted by atomic mass is 28.3. The molecule has 0 aliphatic rings. The van der Waals surface area contributed by atoms with Gasteiger partial charge in [-0.3, -0.25) is 0 Å². The van der Waals surface area contributed by atoms with E-state index in [1.807, 2.05) is 30.3 Å². The zero-order chi connectivity index (χ0) is 21.3. The van der Waals surface area contributed by atoms with Gasteiger partial charge in [-0.15, -0.1) is 0 Å². The van der Waals surface area contributed by atoms with Gasteiger partial charge in [0.15, 0.2) is 8.24 Å². The standard InChI is InChI=1S/C25H33NO2Si/c1-17(2)29(18(3)4,19(5)6)26-16-15-22-23(26)14-13-21(24(22)25(27)28-7)20-11-9-8-10-12-20/h8-19H,1-7H3. The first-order valence-corrected chi connectivity index (χ1v) is 12.7. The number of nitrogens with zero attached hydrogens (tertiary/aromatic N) is 1. The van der Waals surface area contributed by atoms with E-state index in [1.165, 1.54) is 7.11 Å². The number of benzene rings is 2. The van der Waals surface area contributed by atoms with Crippen molar-refractivity contribution >= 4 is 25.1 Å². The molecule has 0 fully saturated rings. The van der Waals surface area contributed by atoms with Gasteiger partial charge in [-0.1, -0.05) is 77.9 Å². The highest BCUT2D eigenvalue weighted by molar-refractivity contribution is 6.82. The van der Waals surface area contributed by atoms with Crippen molar-refractivity contribution in [2.45, 2.75) is 58.2 Å². The molecule has 1 aromatic heterocycles. The molecule has 4 heteroatoms. The van der Waals surface area contributed by atoms with Crippen LogP contribution in [0.15, 0.2) is 54.7 Å². The van der Waals surface area contributed by atoms with Crippen LogP contribution < -0.4 is 0 Å². The van der Waals surface area contributed by atoms with E-state index in [0.717, 1.165) is 22.0 Å². The predicted molar refractivity (Wildman–Crippen MR) is 125 cm³/mol. The van der Waals surface area contributed by atoms with Crippen molar-refractivity contribution < 1.29 is 9.53 Å². The maximum Gasteiger partial charge on any atom is 0.339 e. The summed E-state index contributed by atoms with van der Waals surface area (Å²) >= 11 is 0. The first-order chi connectivity index (χ1) is 13.8. The Morgan fingerprint density at radius 2 is 1.45 bits per heavy atom.